The molecule has 0 fully saturated rings. The summed E-state index contributed by atoms with van der Waals surface area (Å²) in [5.41, 5.74) is -1.54. The molecule has 0 spiro atoms. The second kappa shape index (κ2) is 7.76. The summed E-state index contributed by atoms with van der Waals surface area (Å²) in [5.74, 6) is 0.463. The summed E-state index contributed by atoms with van der Waals surface area (Å²) in [6.45, 7) is 0.0525. The van der Waals surface area contributed by atoms with Crippen LogP contribution in [0.3, 0.4) is 0 Å². The minimum atomic E-state index is -4.77. The molecule has 0 unspecified atom stereocenters. The van der Waals surface area contributed by atoms with E-state index in [4.69, 9.17) is 13.9 Å². The lowest BCUT2D eigenvalue weighted by molar-refractivity contribution is -0.138. The zero-order chi connectivity index (χ0) is 21.3. The topological polar surface area (TPSA) is 85.4 Å². The van der Waals surface area contributed by atoms with Crippen LogP contribution in [0.15, 0.2) is 52.1 Å². The second-order valence-electron chi connectivity index (χ2n) is 6.10. The number of carbonyl (C=O) groups is 1. The number of fused-ring (bicyclic) bond motifs is 1. The van der Waals surface area contributed by atoms with E-state index in [1.807, 2.05) is 0 Å². The highest BCUT2D eigenvalue weighted by Gasteiger charge is 2.36. The van der Waals surface area contributed by atoms with Crippen LogP contribution >= 0.6 is 11.8 Å². The third-order valence-electron chi connectivity index (χ3n) is 4.21. The van der Waals surface area contributed by atoms with Crippen LogP contribution in [0.5, 0.6) is 11.5 Å². The van der Waals surface area contributed by atoms with E-state index in [1.54, 1.807) is 12.1 Å². The van der Waals surface area contributed by atoms with Gasteiger partial charge in [0.15, 0.2) is 23.0 Å². The highest BCUT2D eigenvalue weighted by Crippen LogP contribution is 2.38. The maximum atomic E-state index is 13.5. The number of hydrogen-bond donors (Lipinski definition) is 0. The van der Waals surface area contributed by atoms with Gasteiger partial charge in [-0.25, -0.2) is 4.98 Å². The Hall–Kier alpha value is -3.45. The summed E-state index contributed by atoms with van der Waals surface area (Å²) in [4.78, 5) is 16.7. The lowest BCUT2D eigenvalue weighted by Gasteiger charge is -2.13. The quantitative estimate of drug-likeness (QED) is 0.417. The zero-order valence-electron chi connectivity index (χ0n) is 15.0. The minimum Gasteiger partial charge on any atom is -0.463 e. The number of thioether (sulfide) groups is 1. The number of pyridine rings is 1. The standard InChI is InChI=1S/C20H11F3N2O4S/c21-20(22,23)13-7-14(16-2-1-5-27-16)25-19(12(13)8-24)30-9-15(26)11-3-4-17-18(6-11)29-10-28-17/h1-7H,9-10H2. The van der Waals surface area contributed by atoms with Crippen molar-refractivity contribution in [3.05, 3.63) is 59.4 Å². The number of ether oxygens (including phenoxy) is 2. The fourth-order valence-electron chi connectivity index (χ4n) is 2.80. The van der Waals surface area contributed by atoms with Gasteiger partial charge in [0.25, 0.3) is 0 Å². The number of benzene rings is 1. The van der Waals surface area contributed by atoms with Gasteiger partial charge in [-0.2, -0.15) is 18.4 Å². The number of ketones is 1. The summed E-state index contributed by atoms with van der Waals surface area (Å²) in [6.07, 6.45) is -3.47. The van der Waals surface area contributed by atoms with Crippen molar-refractivity contribution in [2.75, 3.05) is 12.5 Å². The Bertz CT molecular complexity index is 1150. The van der Waals surface area contributed by atoms with Crippen LogP contribution in [0.4, 0.5) is 13.2 Å². The van der Waals surface area contributed by atoms with Crippen molar-refractivity contribution < 1.29 is 31.9 Å². The predicted molar refractivity (Wildman–Crippen MR) is 99.3 cm³/mol. The molecule has 0 N–H and O–H groups in total. The number of halogens is 3. The lowest BCUT2D eigenvalue weighted by atomic mass is 10.1. The third-order valence-corrected chi connectivity index (χ3v) is 5.19. The molecule has 6 nitrogen and oxygen atoms in total. The average molecular weight is 432 g/mol. The van der Waals surface area contributed by atoms with Gasteiger partial charge in [-0.05, 0) is 36.4 Å². The van der Waals surface area contributed by atoms with Gasteiger partial charge in [0.1, 0.15) is 16.8 Å². The number of carbonyl (C=O) groups excluding carboxylic acids is 1. The molecule has 1 aliphatic heterocycles. The van der Waals surface area contributed by atoms with E-state index in [0.717, 1.165) is 17.8 Å². The number of rotatable bonds is 5. The first-order valence-corrected chi connectivity index (χ1v) is 9.47. The Morgan fingerprint density at radius 3 is 2.70 bits per heavy atom. The molecule has 30 heavy (non-hydrogen) atoms. The van der Waals surface area contributed by atoms with Crippen LogP contribution < -0.4 is 9.47 Å². The van der Waals surface area contributed by atoms with Gasteiger partial charge in [0.05, 0.1) is 23.1 Å². The van der Waals surface area contributed by atoms with E-state index in [9.17, 15) is 23.2 Å². The molecule has 1 aliphatic rings. The van der Waals surface area contributed by atoms with Crippen molar-refractivity contribution in [2.45, 2.75) is 11.2 Å². The molecule has 0 saturated heterocycles. The van der Waals surface area contributed by atoms with Crippen LogP contribution in [0, 0.1) is 11.3 Å². The van der Waals surface area contributed by atoms with E-state index in [0.29, 0.717) is 17.1 Å². The largest absolute Gasteiger partial charge is 0.463 e. The van der Waals surface area contributed by atoms with Gasteiger partial charge in [0, 0.05) is 5.56 Å². The Morgan fingerprint density at radius 1 is 1.20 bits per heavy atom. The summed E-state index contributed by atoms with van der Waals surface area (Å²) in [7, 11) is 0. The average Bonchev–Trinajstić information content (AvgIpc) is 3.41. The Morgan fingerprint density at radius 2 is 2.00 bits per heavy atom. The van der Waals surface area contributed by atoms with Gasteiger partial charge in [-0.1, -0.05) is 11.8 Å². The molecule has 152 valence electrons. The van der Waals surface area contributed by atoms with Gasteiger partial charge >= 0.3 is 6.18 Å². The Labute approximate surface area is 172 Å². The molecule has 3 aromatic rings. The normalized spacial score (nSPS) is 12.6. The van der Waals surface area contributed by atoms with Crippen LogP contribution in [-0.2, 0) is 6.18 Å². The summed E-state index contributed by atoms with van der Waals surface area (Å²) < 4.78 is 56.1. The zero-order valence-corrected chi connectivity index (χ0v) is 15.8. The molecule has 0 aliphatic carbocycles. The fourth-order valence-corrected chi connectivity index (χ4v) is 3.69. The second-order valence-corrected chi connectivity index (χ2v) is 7.07. The molecule has 0 saturated carbocycles. The van der Waals surface area contributed by atoms with Crippen molar-refractivity contribution >= 4 is 17.5 Å². The van der Waals surface area contributed by atoms with Crippen LogP contribution in [0.1, 0.15) is 21.5 Å². The number of nitriles is 1. The highest BCUT2D eigenvalue weighted by molar-refractivity contribution is 8.00. The number of aromatic nitrogens is 1. The number of furan rings is 1. The third kappa shape index (κ3) is 3.84. The molecule has 0 atom stereocenters. The van der Waals surface area contributed by atoms with Crippen LogP contribution in [0.25, 0.3) is 11.5 Å². The molecule has 3 heterocycles. The molecule has 2 aromatic heterocycles. The first kappa shape index (κ1) is 19.8. The van der Waals surface area contributed by atoms with Crippen molar-refractivity contribution in [1.82, 2.24) is 4.98 Å². The number of hydrogen-bond acceptors (Lipinski definition) is 7. The lowest BCUT2D eigenvalue weighted by Crippen LogP contribution is -2.11. The highest BCUT2D eigenvalue weighted by atomic mass is 32.2. The summed E-state index contributed by atoms with van der Waals surface area (Å²) in [6, 6.07) is 9.92. The molecule has 0 radical (unpaired) electrons. The molecule has 1 aromatic carbocycles. The molecule has 10 heteroatoms. The fraction of sp³-hybridized carbons (Fsp3) is 0.150. The number of nitrogens with zero attached hydrogens (tertiary/aromatic N) is 2. The van der Waals surface area contributed by atoms with Crippen LogP contribution in [-0.4, -0.2) is 23.3 Å². The molecule has 0 amide bonds. The first-order chi connectivity index (χ1) is 14.4. The molecular formula is C20H11F3N2O4S. The van der Waals surface area contributed by atoms with Crippen molar-refractivity contribution in [3.63, 3.8) is 0 Å². The van der Waals surface area contributed by atoms with Gasteiger partial charge in [-0.3, -0.25) is 4.79 Å². The maximum absolute atomic E-state index is 13.5. The van der Waals surface area contributed by atoms with E-state index in [-0.39, 0.29) is 34.8 Å². The van der Waals surface area contributed by atoms with Crippen molar-refractivity contribution in [3.8, 4) is 29.0 Å². The minimum absolute atomic E-state index is 0.0525. The van der Waals surface area contributed by atoms with E-state index in [1.165, 1.54) is 30.5 Å². The van der Waals surface area contributed by atoms with Crippen molar-refractivity contribution in [1.29, 1.82) is 5.26 Å². The van der Waals surface area contributed by atoms with Crippen LogP contribution in [0.2, 0.25) is 0 Å². The Balaban J connectivity index is 1.65. The van der Waals surface area contributed by atoms with Gasteiger partial charge in [0.2, 0.25) is 6.79 Å². The maximum Gasteiger partial charge on any atom is 0.417 e. The van der Waals surface area contributed by atoms with E-state index >= 15 is 0 Å². The molecule has 4 rings (SSSR count). The van der Waals surface area contributed by atoms with Crippen molar-refractivity contribution in [2.24, 2.45) is 0 Å². The summed E-state index contributed by atoms with van der Waals surface area (Å²) >= 11 is 0.753. The summed E-state index contributed by atoms with van der Waals surface area (Å²) in [5, 5.41) is 9.13. The Kier molecular flexibility index (Phi) is 5.13. The SMILES string of the molecule is N#Cc1c(C(F)(F)F)cc(-c2ccco2)nc1SCC(=O)c1ccc2c(c1)OCO2. The smallest absolute Gasteiger partial charge is 0.417 e. The molecule has 0 bridgehead atoms. The van der Waals surface area contributed by atoms with E-state index in [2.05, 4.69) is 4.98 Å². The first-order valence-electron chi connectivity index (χ1n) is 8.48. The number of alkyl halides is 3. The predicted octanol–water partition coefficient (Wildman–Crippen LogP) is 4.94. The van der Waals surface area contributed by atoms with Gasteiger partial charge < -0.3 is 13.9 Å². The number of Topliss-reactive ketones (excluding diaryl/α,β-unsaturated/α-hetero) is 1. The van der Waals surface area contributed by atoms with Gasteiger partial charge in [-0.15, -0.1) is 0 Å². The molecular weight excluding hydrogens is 421 g/mol. The van der Waals surface area contributed by atoms with E-state index < -0.39 is 17.3 Å². The monoisotopic (exact) mass is 432 g/mol.